The minimum absolute atomic E-state index is 0.0493. The summed E-state index contributed by atoms with van der Waals surface area (Å²) < 4.78 is 32.8. The maximum atomic E-state index is 12.6. The Balaban J connectivity index is 2.19. The Kier molecular flexibility index (Phi) is 1.83. The van der Waals surface area contributed by atoms with Gasteiger partial charge in [-0.3, -0.25) is 9.59 Å². The van der Waals surface area contributed by atoms with Crippen molar-refractivity contribution in [3.63, 3.8) is 0 Å². The Morgan fingerprint density at radius 3 is 2.63 bits per heavy atom. The summed E-state index contributed by atoms with van der Waals surface area (Å²) >= 11 is 0. The van der Waals surface area contributed by atoms with E-state index < -0.39 is 30.5 Å². The molecule has 2 heterocycles. The van der Waals surface area contributed by atoms with Crippen LogP contribution in [-0.2, 0) is 11.3 Å². The van der Waals surface area contributed by atoms with Gasteiger partial charge < -0.3 is 9.67 Å². The first-order valence-corrected chi connectivity index (χ1v) is 5.74. The molecule has 0 amide bonds. The summed E-state index contributed by atoms with van der Waals surface area (Å²) in [6, 6.07) is 10.8. The van der Waals surface area contributed by atoms with Crippen molar-refractivity contribution < 1.29 is 20.2 Å². The van der Waals surface area contributed by atoms with Crippen molar-refractivity contribution in [2.24, 2.45) is 0 Å². The number of aromatic nitrogens is 1. The van der Waals surface area contributed by atoms with Crippen molar-refractivity contribution in [3.8, 4) is 0 Å². The Morgan fingerprint density at radius 1 is 1.21 bits per heavy atom. The van der Waals surface area contributed by atoms with E-state index in [1.165, 1.54) is 12.1 Å². The zero-order valence-corrected chi connectivity index (χ0v) is 9.83. The molecule has 19 heavy (non-hydrogen) atoms. The maximum absolute atomic E-state index is 12.6. The highest BCUT2D eigenvalue weighted by Crippen LogP contribution is 2.31. The molecule has 0 spiro atoms. The molecule has 0 radical (unpaired) electrons. The van der Waals surface area contributed by atoms with Crippen LogP contribution in [0, 0.1) is 0 Å². The lowest BCUT2D eigenvalue weighted by molar-refractivity contribution is -0.138. The lowest BCUT2D eigenvalue weighted by Crippen LogP contribution is -2.09. The van der Waals surface area contributed by atoms with Crippen molar-refractivity contribution in [1.29, 1.82) is 0 Å². The van der Waals surface area contributed by atoms with Crippen LogP contribution in [0.3, 0.4) is 0 Å². The number of benzene rings is 1. The molecule has 1 aromatic carbocycles. The maximum Gasteiger partial charge on any atom is 0.312 e. The zero-order valence-electron chi connectivity index (χ0n) is 13.8. The number of hydrogen-bond donors (Lipinski definition) is 1. The SMILES string of the molecule is [2H]C1([2H])C(C(=O)O)c2ccc(C(=O)c3ccccc3)n2C1([2H])[2H]. The summed E-state index contributed by atoms with van der Waals surface area (Å²) in [7, 11) is 0. The Morgan fingerprint density at radius 2 is 1.95 bits per heavy atom. The summed E-state index contributed by atoms with van der Waals surface area (Å²) in [5.74, 6) is -3.62. The van der Waals surface area contributed by atoms with Gasteiger partial charge >= 0.3 is 5.97 Å². The van der Waals surface area contributed by atoms with E-state index >= 15 is 0 Å². The van der Waals surface area contributed by atoms with E-state index in [2.05, 4.69) is 0 Å². The first kappa shape index (κ1) is 7.94. The highest BCUT2D eigenvalue weighted by atomic mass is 16.4. The van der Waals surface area contributed by atoms with E-state index in [0.717, 1.165) is 4.57 Å². The number of carbonyl (C=O) groups is 2. The van der Waals surface area contributed by atoms with Gasteiger partial charge in [0.05, 0.1) is 11.6 Å². The molecule has 2 aromatic rings. The summed E-state index contributed by atoms with van der Waals surface area (Å²) in [6.07, 6.45) is -2.67. The van der Waals surface area contributed by atoms with Crippen LogP contribution in [0.5, 0.6) is 0 Å². The standard InChI is InChI=1S/C15H13NO3/c17-14(10-4-2-1-3-5-10)13-7-6-12-11(15(18)19)8-9-16(12)13/h1-7,11H,8-9H2,(H,18,19)/i8D2,9D2. The fourth-order valence-corrected chi connectivity index (χ4v) is 2.11. The van der Waals surface area contributed by atoms with Crippen molar-refractivity contribution in [1.82, 2.24) is 4.57 Å². The van der Waals surface area contributed by atoms with E-state index in [1.54, 1.807) is 30.3 Å². The van der Waals surface area contributed by atoms with E-state index in [9.17, 15) is 14.7 Å². The van der Waals surface area contributed by atoms with Gasteiger partial charge in [-0.1, -0.05) is 30.3 Å². The lowest BCUT2D eigenvalue weighted by atomic mass is 10.1. The molecule has 0 saturated carbocycles. The highest BCUT2D eigenvalue weighted by Gasteiger charge is 2.31. The zero-order chi connectivity index (χ0) is 17.0. The number of rotatable bonds is 3. The average Bonchev–Trinajstić information content (AvgIpc) is 2.96. The van der Waals surface area contributed by atoms with Crippen LogP contribution in [0.2, 0.25) is 0 Å². The van der Waals surface area contributed by atoms with Gasteiger partial charge in [0.25, 0.3) is 0 Å². The van der Waals surface area contributed by atoms with Crippen molar-refractivity contribution in [3.05, 3.63) is 59.4 Å². The van der Waals surface area contributed by atoms with Gasteiger partial charge in [-0.15, -0.1) is 0 Å². The topological polar surface area (TPSA) is 59.3 Å². The van der Waals surface area contributed by atoms with Crippen LogP contribution >= 0.6 is 0 Å². The molecule has 1 aromatic heterocycles. The first-order chi connectivity index (χ1) is 10.7. The quantitative estimate of drug-likeness (QED) is 0.860. The lowest BCUT2D eigenvalue weighted by Gasteiger charge is -2.05. The number of carbonyl (C=O) groups excluding carboxylic acids is 1. The summed E-state index contributed by atoms with van der Waals surface area (Å²) in [6.45, 7) is -2.64. The minimum Gasteiger partial charge on any atom is -0.481 e. The van der Waals surface area contributed by atoms with E-state index in [1.807, 2.05) is 0 Å². The van der Waals surface area contributed by atoms with Gasteiger partial charge in [-0.2, -0.15) is 0 Å². The molecule has 0 saturated heterocycles. The van der Waals surface area contributed by atoms with E-state index in [-0.39, 0.29) is 11.4 Å². The fraction of sp³-hybridized carbons (Fsp3) is 0.200. The van der Waals surface area contributed by atoms with Crippen LogP contribution in [0.15, 0.2) is 42.5 Å². The molecule has 4 heteroatoms. The molecule has 1 N–H and O–H groups in total. The Hall–Kier alpha value is -2.36. The fourth-order valence-electron chi connectivity index (χ4n) is 2.11. The molecule has 96 valence electrons. The molecular weight excluding hydrogens is 242 g/mol. The second-order valence-electron chi connectivity index (χ2n) is 4.20. The predicted octanol–water partition coefficient (Wildman–Crippen LogP) is 2.29. The average molecular weight is 259 g/mol. The molecule has 0 aliphatic carbocycles. The second-order valence-corrected chi connectivity index (χ2v) is 4.20. The van der Waals surface area contributed by atoms with Gasteiger partial charge in [0, 0.05) is 23.2 Å². The number of carboxylic acids is 1. The van der Waals surface area contributed by atoms with Gasteiger partial charge in [0.2, 0.25) is 5.78 Å². The van der Waals surface area contributed by atoms with Gasteiger partial charge in [0.15, 0.2) is 0 Å². The molecule has 1 unspecified atom stereocenters. The number of ketones is 1. The molecular formula is C15H13NO3. The Bertz CT molecular complexity index is 798. The van der Waals surface area contributed by atoms with Crippen molar-refractivity contribution >= 4 is 11.8 Å². The molecule has 1 aliphatic heterocycles. The number of nitrogens with zero attached hydrogens (tertiary/aromatic N) is 1. The van der Waals surface area contributed by atoms with Crippen LogP contribution in [0.1, 0.15) is 39.5 Å². The number of carboxylic acid groups (broad SMARTS) is 1. The molecule has 4 nitrogen and oxygen atoms in total. The van der Waals surface area contributed by atoms with Crippen LogP contribution < -0.4 is 0 Å². The third-order valence-electron chi connectivity index (χ3n) is 3.04. The monoisotopic (exact) mass is 259 g/mol. The molecule has 3 rings (SSSR count). The van der Waals surface area contributed by atoms with E-state index in [4.69, 9.17) is 5.48 Å². The molecule has 0 fully saturated rings. The third-order valence-corrected chi connectivity index (χ3v) is 3.04. The normalized spacial score (nSPS) is 25.6. The first-order valence-electron chi connectivity index (χ1n) is 7.74. The number of fused-ring (bicyclic) bond motifs is 1. The van der Waals surface area contributed by atoms with Gasteiger partial charge in [-0.25, -0.2) is 0 Å². The second kappa shape index (κ2) is 4.39. The summed E-state index contributed by atoms with van der Waals surface area (Å²) in [4.78, 5) is 24.0. The van der Waals surface area contributed by atoms with Crippen LogP contribution in [0.25, 0.3) is 0 Å². The third kappa shape index (κ3) is 1.85. The van der Waals surface area contributed by atoms with Crippen molar-refractivity contribution in [2.45, 2.75) is 18.8 Å². The number of hydrogen-bond acceptors (Lipinski definition) is 2. The largest absolute Gasteiger partial charge is 0.481 e. The van der Waals surface area contributed by atoms with E-state index in [0.29, 0.717) is 5.56 Å². The smallest absolute Gasteiger partial charge is 0.312 e. The summed E-state index contributed by atoms with van der Waals surface area (Å²) in [5, 5.41) is 9.29. The van der Waals surface area contributed by atoms with Crippen LogP contribution in [-0.4, -0.2) is 21.4 Å². The molecule has 0 bridgehead atoms. The highest BCUT2D eigenvalue weighted by molar-refractivity contribution is 6.08. The van der Waals surface area contributed by atoms with Crippen molar-refractivity contribution in [2.75, 3.05) is 0 Å². The van der Waals surface area contributed by atoms with Gasteiger partial charge in [0.1, 0.15) is 0 Å². The predicted molar refractivity (Wildman–Crippen MR) is 69.3 cm³/mol. The Labute approximate surface area is 115 Å². The molecule has 1 atom stereocenters. The number of aliphatic carboxylic acids is 1. The van der Waals surface area contributed by atoms with Crippen LogP contribution in [0.4, 0.5) is 0 Å². The minimum atomic E-state index is -2.67. The molecule has 1 aliphatic rings. The van der Waals surface area contributed by atoms with Gasteiger partial charge in [-0.05, 0) is 18.5 Å². The summed E-state index contributed by atoms with van der Waals surface area (Å²) in [5.41, 5.74) is 0.208.